The molecule has 0 amide bonds. The lowest BCUT2D eigenvalue weighted by Gasteiger charge is -2.10. The fourth-order valence-electron chi connectivity index (χ4n) is 3.38. The Balaban J connectivity index is 1.97. The molecule has 0 aliphatic rings. The van der Waals surface area contributed by atoms with Gasteiger partial charge in [-0.25, -0.2) is 0 Å². The van der Waals surface area contributed by atoms with Crippen LogP contribution in [0.4, 0.5) is 0 Å². The summed E-state index contributed by atoms with van der Waals surface area (Å²) in [4.78, 5) is 3.52. The number of nitrogens with one attached hydrogen (secondary N) is 1. The maximum atomic E-state index is 6.06. The average Bonchev–Trinajstić information content (AvgIpc) is 2.98. The molecule has 0 saturated carbocycles. The van der Waals surface area contributed by atoms with Crippen LogP contribution in [0.3, 0.4) is 0 Å². The molecule has 26 heavy (non-hydrogen) atoms. The minimum atomic E-state index is 0.752. The van der Waals surface area contributed by atoms with Crippen LogP contribution in [0.15, 0.2) is 72.8 Å². The van der Waals surface area contributed by atoms with Crippen molar-refractivity contribution >= 4 is 34.2 Å². The summed E-state index contributed by atoms with van der Waals surface area (Å²) in [6, 6.07) is 25.1. The molecule has 0 unspecified atom stereocenters. The van der Waals surface area contributed by atoms with Gasteiger partial charge in [-0.3, -0.25) is 0 Å². The lowest BCUT2D eigenvalue weighted by molar-refractivity contribution is 1.28. The van der Waals surface area contributed by atoms with Crippen molar-refractivity contribution in [1.29, 1.82) is 0 Å². The first-order valence-electron chi connectivity index (χ1n) is 8.74. The molecule has 0 spiro atoms. The van der Waals surface area contributed by atoms with E-state index in [4.69, 9.17) is 11.6 Å². The minimum Gasteiger partial charge on any atom is -0.358 e. The van der Waals surface area contributed by atoms with Crippen LogP contribution in [-0.2, 0) is 0 Å². The molecule has 3 aromatic carbocycles. The molecule has 0 fully saturated rings. The number of rotatable bonds is 3. The molecule has 4 aromatic rings. The van der Waals surface area contributed by atoms with E-state index in [0.29, 0.717) is 0 Å². The van der Waals surface area contributed by atoms with Crippen LogP contribution in [0.25, 0.3) is 22.6 Å². The van der Waals surface area contributed by atoms with Gasteiger partial charge in [-0.1, -0.05) is 71.8 Å². The largest absolute Gasteiger partial charge is 0.358 e. The van der Waals surface area contributed by atoms with Gasteiger partial charge in [0.05, 0.1) is 0 Å². The van der Waals surface area contributed by atoms with Gasteiger partial charge in [-0.15, -0.1) is 0 Å². The highest BCUT2D eigenvalue weighted by Gasteiger charge is 2.14. The van der Waals surface area contributed by atoms with Gasteiger partial charge in [-0.05, 0) is 54.8 Å². The van der Waals surface area contributed by atoms with E-state index in [0.717, 1.165) is 16.1 Å². The molecule has 2 heteroatoms. The van der Waals surface area contributed by atoms with Crippen LogP contribution >= 0.6 is 11.6 Å². The number of para-hydroxylation sites is 1. The molecule has 0 saturated heterocycles. The molecular weight excluding hydrogens is 338 g/mol. The van der Waals surface area contributed by atoms with E-state index in [2.05, 4.69) is 85.6 Å². The van der Waals surface area contributed by atoms with Gasteiger partial charge >= 0.3 is 0 Å². The fraction of sp³-hybridized carbons (Fsp3) is 0.0833. The molecule has 0 atom stereocenters. The monoisotopic (exact) mass is 357 g/mol. The molecule has 1 N–H and O–H groups in total. The topological polar surface area (TPSA) is 15.8 Å². The lowest BCUT2D eigenvalue weighted by Crippen LogP contribution is -1.91. The van der Waals surface area contributed by atoms with Crippen LogP contribution in [0.2, 0.25) is 5.02 Å². The van der Waals surface area contributed by atoms with Crippen molar-refractivity contribution in [1.82, 2.24) is 4.98 Å². The molecule has 0 aliphatic carbocycles. The van der Waals surface area contributed by atoms with Crippen LogP contribution in [-0.4, -0.2) is 4.98 Å². The van der Waals surface area contributed by atoms with E-state index in [1.54, 1.807) is 0 Å². The van der Waals surface area contributed by atoms with Crippen molar-refractivity contribution in [2.24, 2.45) is 0 Å². The third-order valence-corrected chi connectivity index (χ3v) is 4.96. The van der Waals surface area contributed by atoms with Crippen molar-refractivity contribution in [3.8, 4) is 0 Å². The summed E-state index contributed by atoms with van der Waals surface area (Å²) < 4.78 is 0. The molecule has 128 valence electrons. The normalized spacial score (nSPS) is 11.9. The molecule has 1 aromatic heterocycles. The second kappa shape index (κ2) is 6.86. The molecule has 1 nitrogen and oxygen atoms in total. The van der Waals surface area contributed by atoms with Crippen molar-refractivity contribution < 1.29 is 0 Å². The first-order chi connectivity index (χ1) is 12.6. The smallest absolute Gasteiger partial charge is 0.0462 e. The Bertz CT molecular complexity index is 1080. The predicted molar refractivity (Wildman–Crippen MR) is 113 cm³/mol. The summed E-state index contributed by atoms with van der Waals surface area (Å²) in [5.74, 6) is 0. The van der Waals surface area contributed by atoms with E-state index in [1.165, 1.54) is 33.3 Å². The van der Waals surface area contributed by atoms with Gasteiger partial charge in [0.1, 0.15) is 0 Å². The molecule has 0 radical (unpaired) electrons. The van der Waals surface area contributed by atoms with E-state index in [9.17, 15) is 0 Å². The van der Waals surface area contributed by atoms with Crippen molar-refractivity contribution in [3.05, 3.63) is 106 Å². The summed E-state index contributed by atoms with van der Waals surface area (Å²) in [5.41, 5.74) is 8.39. The Hall–Kier alpha value is -2.77. The summed E-state index contributed by atoms with van der Waals surface area (Å²) in [6.45, 7) is 4.25. The Morgan fingerprint density at radius 3 is 2.27 bits per heavy atom. The molecular formula is C24H20ClN. The number of aromatic amines is 1. The van der Waals surface area contributed by atoms with Crippen molar-refractivity contribution in [3.63, 3.8) is 0 Å². The van der Waals surface area contributed by atoms with E-state index in [1.807, 2.05) is 12.1 Å². The highest BCUT2D eigenvalue weighted by Crippen LogP contribution is 2.34. The zero-order chi connectivity index (χ0) is 18.1. The molecule has 1 heterocycles. The average molecular weight is 358 g/mol. The second-order valence-electron chi connectivity index (χ2n) is 6.65. The second-order valence-corrected chi connectivity index (χ2v) is 7.08. The summed E-state index contributed by atoms with van der Waals surface area (Å²) >= 11 is 6.06. The highest BCUT2D eigenvalue weighted by molar-refractivity contribution is 6.30. The van der Waals surface area contributed by atoms with Crippen LogP contribution < -0.4 is 0 Å². The van der Waals surface area contributed by atoms with Gasteiger partial charge in [0, 0.05) is 27.2 Å². The third-order valence-electron chi connectivity index (χ3n) is 4.71. The SMILES string of the molecule is Cc1ccc(/C(=C/c2ccc(Cl)cc2)c2c(C)[nH]c3ccccc23)cc1. The zero-order valence-electron chi connectivity index (χ0n) is 14.9. The maximum absolute atomic E-state index is 6.06. The lowest BCUT2D eigenvalue weighted by atomic mass is 9.93. The number of hydrogen-bond donors (Lipinski definition) is 1. The molecule has 0 aliphatic heterocycles. The number of hydrogen-bond acceptors (Lipinski definition) is 0. The highest BCUT2D eigenvalue weighted by atomic mass is 35.5. The third kappa shape index (κ3) is 3.18. The van der Waals surface area contributed by atoms with Gasteiger partial charge in [0.2, 0.25) is 0 Å². The van der Waals surface area contributed by atoms with Gasteiger partial charge in [0.25, 0.3) is 0 Å². The summed E-state index contributed by atoms with van der Waals surface area (Å²) in [7, 11) is 0. The Morgan fingerprint density at radius 1 is 0.846 bits per heavy atom. The quantitative estimate of drug-likeness (QED) is 0.379. The first-order valence-corrected chi connectivity index (χ1v) is 9.11. The van der Waals surface area contributed by atoms with Crippen LogP contribution in [0.1, 0.15) is 27.9 Å². The number of aromatic nitrogens is 1. The van der Waals surface area contributed by atoms with E-state index in [-0.39, 0.29) is 0 Å². The number of benzene rings is 3. The van der Waals surface area contributed by atoms with Gasteiger partial charge in [-0.2, -0.15) is 0 Å². The van der Waals surface area contributed by atoms with Crippen LogP contribution in [0.5, 0.6) is 0 Å². The molecule has 4 rings (SSSR count). The number of aryl methyl sites for hydroxylation is 2. The minimum absolute atomic E-state index is 0.752. The standard InChI is InChI=1S/C24H20ClN/c1-16-7-11-19(12-8-16)22(15-18-9-13-20(25)14-10-18)24-17(2)26-23-6-4-3-5-21(23)24/h3-15,26H,1-2H3/b22-15-. The summed E-state index contributed by atoms with van der Waals surface area (Å²) in [6.07, 6.45) is 2.24. The maximum Gasteiger partial charge on any atom is 0.0462 e. The fourth-order valence-corrected chi connectivity index (χ4v) is 3.51. The number of H-pyrrole nitrogens is 1. The molecule has 0 bridgehead atoms. The number of fused-ring (bicyclic) bond motifs is 1. The number of halogens is 1. The Kier molecular flexibility index (Phi) is 4.40. The zero-order valence-corrected chi connectivity index (χ0v) is 15.6. The van der Waals surface area contributed by atoms with Gasteiger partial charge in [0.15, 0.2) is 0 Å². The Morgan fingerprint density at radius 2 is 1.54 bits per heavy atom. The van der Waals surface area contributed by atoms with Crippen molar-refractivity contribution in [2.45, 2.75) is 13.8 Å². The summed E-state index contributed by atoms with van der Waals surface area (Å²) in [5, 5.41) is 1.99. The van der Waals surface area contributed by atoms with Crippen molar-refractivity contribution in [2.75, 3.05) is 0 Å². The van der Waals surface area contributed by atoms with E-state index < -0.39 is 0 Å². The van der Waals surface area contributed by atoms with Gasteiger partial charge < -0.3 is 4.98 Å². The van der Waals surface area contributed by atoms with E-state index >= 15 is 0 Å². The van der Waals surface area contributed by atoms with Crippen LogP contribution in [0, 0.1) is 13.8 Å². The predicted octanol–water partition coefficient (Wildman–Crippen LogP) is 7.03. The Labute approximate surface area is 159 Å². The first kappa shape index (κ1) is 16.7.